The van der Waals surface area contributed by atoms with Gasteiger partial charge in [0.2, 0.25) is 0 Å². The third-order valence-corrected chi connectivity index (χ3v) is 1.79. The first-order valence-corrected chi connectivity index (χ1v) is 3.96. The van der Waals surface area contributed by atoms with Crippen LogP contribution in [0.2, 0.25) is 0 Å². The Labute approximate surface area is 68.1 Å². The summed E-state index contributed by atoms with van der Waals surface area (Å²) in [7, 11) is 0. The average molecular weight is 150 g/mol. The maximum absolute atomic E-state index is 5.38. The largest absolute Gasteiger partial charge is 0.498 e. The molecule has 60 valence electrons. The fourth-order valence-electron chi connectivity index (χ4n) is 1.14. The lowest BCUT2D eigenvalue weighted by Crippen LogP contribution is -2.02. The van der Waals surface area contributed by atoms with Crippen molar-refractivity contribution in [1.82, 2.24) is 0 Å². The van der Waals surface area contributed by atoms with Crippen LogP contribution in [0, 0.1) is 0 Å². The first-order valence-electron chi connectivity index (χ1n) is 3.96. The smallest absolute Gasteiger partial charge is 0.0960 e. The van der Waals surface area contributed by atoms with Gasteiger partial charge in [-0.25, -0.2) is 0 Å². The van der Waals surface area contributed by atoms with E-state index < -0.39 is 0 Å². The molecule has 0 aromatic carbocycles. The Kier molecular flexibility index (Phi) is 2.96. The summed E-state index contributed by atoms with van der Waals surface area (Å²) in [5.74, 6) is 1.06. The zero-order chi connectivity index (χ0) is 8.10. The molecule has 0 fully saturated rings. The lowest BCUT2D eigenvalue weighted by molar-refractivity contribution is 0.191. The van der Waals surface area contributed by atoms with E-state index in [2.05, 4.69) is 12.7 Å². The lowest BCUT2D eigenvalue weighted by atomic mass is 10.1. The van der Waals surface area contributed by atoms with Crippen molar-refractivity contribution >= 4 is 0 Å². The second-order valence-corrected chi connectivity index (χ2v) is 2.63. The van der Waals surface area contributed by atoms with Gasteiger partial charge in [-0.3, -0.25) is 0 Å². The van der Waals surface area contributed by atoms with E-state index in [1.165, 1.54) is 5.57 Å². The van der Waals surface area contributed by atoms with E-state index in [1.807, 2.05) is 13.0 Å². The summed E-state index contributed by atoms with van der Waals surface area (Å²) in [5.41, 5.74) is 1.30. The zero-order valence-corrected chi connectivity index (χ0v) is 6.97. The summed E-state index contributed by atoms with van der Waals surface area (Å²) in [5, 5.41) is 0. The molecule has 1 nitrogen and oxygen atoms in total. The summed E-state index contributed by atoms with van der Waals surface area (Å²) in [4.78, 5) is 0. The standard InChI is InChI=1S/C10H14O/c1-3-4-6-10-7-5-8-11-9(10)2/h3-4,6H,1,5,7-8H2,2H3. The van der Waals surface area contributed by atoms with Gasteiger partial charge in [0.25, 0.3) is 0 Å². The van der Waals surface area contributed by atoms with Gasteiger partial charge in [-0.2, -0.15) is 0 Å². The van der Waals surface area contributed by atoms with Gasteiger partial charge in [-0.15, -0.1) is 0 Å². The lowest BCUT2D eigenvalue weighted by Gasteiger charge is -2.15. The number of rotatable bonds is 2. The Morgan fingerprint density at radius 2 is 2.36 bits per heavy atom. The summed E-state index contributed by atoms with van der Waals surface area (Å²) in [6, 6.07) is 0. The van der Waals surface area contributed by atoms with E-state index in [0.717, 1.165) is 25.2 Å². The van der Waals surface area contributed by atoms with E-state index in [1.54, 1.807) is 6.08 Å². The average Bonchev–Trinajstić information content (AvgIpc) is 2.03. The molecule has 0 aromatic rings. The number of hydrogen-bond donors (Lipinski definition) is 0. The molecule has 1 aliphatic rings. The first-order chi connectivity index (χ1) is 5.34. The highest BCUT2D eigenvalue weighted by Crippen LogP contribution is 2.19. The van der Waals surface area contributed by atoms with Crippen molar-refractivity contribution in [3.63, 3.8) is 0 Å². The second-order valence-electron chi connectivity index (χ2n) is 2.63. The molecule has 0 atom stereocenters. The molecule has 0 spiro atoms. The fourth-order valence-corrected chi connectivity index (χ4v) is 1.14. The Bertz CT molecular complexity index is 199. The summed E-state index contributed by atoms with van der Waals surface area (Å²) >= 11 is 0. The SMILES string of the molecule is C=CC=CC1=C(C)OCCC1. The highest BCUT2D eigenvalue weighted by Gasteiger charge is 2.05. The van der Waals surface area contributed by atoms with Crippen molar-refractivity contribution in [2.45, 2.75) is 19.8 Å². The van der Waals surface area contributed by atoms with Gasteiger partial charge >= 0.3 is 0 Å². The van der Waals surface area contributed by atoms with Crippen LogP contribution in [0.15, 0.2) is 36.1 Å². The van der Waals surface area contributed by atoms with E-state index in [0.29, 0.717) is 0 Å². The van der Waals surface area contributed by atoms with Crippen LogP contribution < -0.4 is 0 Å². The Balaban J connectivity index is 2.66. The zero-order valence-electron chi connectivity index (χ0n) is 6.97. The topological polar surface area (TPSA) is 9.23 Å². The molecule has 0 aromatic heterocycles. The van der Waals surface area contributed by atoms with Crippen molar-refractivity contribution in [2.75, 3.05) is 6.61 Å². The van der Waals surface area contributed by atoms with E-state index in [-0.39, 0.29) is 0 Å². The molecule has 0 unspecified atom stereocenters. The highest BCUT2D eigenvalue weighted by atomic mass is 16.5. The minimum atomic E-state index is 0.872. The van der Waals surface area contributed by atoms with Crippen molar-refractivity contribution < 1.29 is 4.74 Å². The van der Waals surface area contributed by atoms with Crippen molar-refractivity contribution in [1.29, 1.82) is 0 Å². The predicted molar refractivity (Wildman–Crippen MR) is 47.2 cm³/mol. The maximum Gasteiger partial charge on any atom is 0.0960 e. The molecule has 0 N–H and O–H groups in total. The number of allylic oxidation sites excluding steroid dienone is 5. The molecule has 0 bridgehead atoms. The molecular formula is C10H14O. The van der Waals surface area contributed by atoms with Gasteiger partial charge in [-0.1, -0.05) is 24.8 Å². The van der Waals surface area contributed by atoms with Gasteiger partial charge in [0, 0.05) is 0 Å². The van der Waals surface area contributed by atoms with Crippen LogP contribution in [-0.4, -0.2) is 6.61 Å². The van der Waals surface area contributed by atoms with Crippen LogP contribution in [0.4, 0.5) is 0 Å². The third kappa shape index (κ3) is 2.26. The normalized spacial score (nSPS) is 18.6. The Hall–Kier alpha value is -0.980. The van der Waals surface area contributed by atoms with E-state index in [9.17, 15) is 0 Å². The van der Waals surface area contributed by atoms with Crippen LogP contribution in [0.3, 0.4) is 0 Å². The summed E-state index contributed by atoms with van der Waals surface area (Å²) in [6.07, 6.45) is 8.08. The molecule has 1 heterocycles. The quantitative estimate of drug-likeness (QED) is 0.550. The van der Waals surface area contributed by atoms with Crippen LogP contribution in [0.1, 0.15) is 19.8 Å². The molecule has 0 saturated heterocycles. The van der Waals surface area contributed by atoms with Gasteiger partial charge in [0.1, 0.15) is 0 Å². The van der Waals surface area contributed by atoms with Crippen LogP contribution in [0.25, 0.3) is 0 Å². The van der Waals surface area contributed by atoms with Gasteiger partial charge in [0.05, 0.1) is 12.4 Å². The first kappa shape index (κ1) is 8.12. The van der Waals surface area contributed by atoms with E-state index in [4.69, 9.17) is 4.74 Å². The number of ether oxygens (including phenoxy) is 1. The van der Waals surface area contributed by atoms with Crippen LogP contribution in [0.5, 0.6) is 0 Å². The Morgan fingerprint density at radius 3 is 3.00 bits per heavy atom. The molecule has 1 heteroatoms. The predicted octanol–water partition coefficient (Wildman–Crippen LogP) is 2.81. The van der Waals surface area contributed by atoms with Gasteiger partial charge < -0.3 is 4.74 Å². The summed E-state index contributed by atoms with van der Waals surface area (Å²) < 4.78 is 5.38. The molecule has 1 rings (SSSR count). The van der Waals surface area contributed by atoms with Crippen molar-refractivity contribution in [3.05, 3.63) is 36.1 Å². The van der Waals surface area contributed by atoms with Crippen molar-refractivity contribution in [2.24, 2.45) is 0 Å². The summed E-state index contributed by atoms with van der Waals surface area (Å²) in [6.45, 7) is 6.51. The van der Waals surface area contributed by atoms with Gasteiger partial charge in [-0.05, 0) is 25.3 Å². The third-order valence-electron chi connectivity index (χ3n) is 1.79. The minimum absolute atomic E-state index is 0.872. The molecule has 11 heavy (non-hydrogen) atoms. The van der Waals surface area contributed by atoms with Crippen LogP contribution in [-0.2, 0) is 4.74 Å². The molecule has 1 aliphatic heterocycles. The fraction of sp³-hybridized carbons (Fsp3) is 0.400. The molecule has 0 aliphatic carbocycles. The van der Waals surface area contributed by atoms with Crippen LogP contribution >= 0.6 is 0 Å². The minimum Gasteiger partial charge on any atom is -0.498 e. The maximum atomic E-state index is 5.38. The monoisotopic (exact) mass is 150 g/mol. The molecule has 0 radical (unpaired) electrons. The van der Waals surface area contributed by atoms with Gasteiger partial charge in [0.15, 0.2) is 0 Å². The molecular weight excluding hydrogens is 136 g/mol. The van der Waals surface area contributed by atoms with Crippen molar-refractivity contribution in [3.8, 4) is 0 Å². The Morgan fingerprint density at radius 1 is 1.55 bits per heavy atom. The van der Waals surface area contributed by atoms with E-state index >= 15 is 0 Å². The number of hydrogen-bond acceptors (Lipinski definition) is 1. The molecule has 0 saturated carbocycles. The highest BCUT2D eigenvalue weighted by molar-refractivity contribution is 5.24. The second kappa shape index (κ2) is 4.02. The molecule has 0 amide bonds.